The molecule has 5 nitrogen and oxygen atoms in total. The van der Waals surface area contributed by atoms with E-state index in [0.29, 0.717) is 12.6 Å². The van der Waals surface area contributed by atoms with Gasteiger partial charge >= 0.3 is 0 Å². The van der Waals surface area contributed by atoms with Gasteiger partial charge in [0.2, 0.25) is 0 Å². The minimum absolute atomic E-state index is 0.0177. The Hall–Kier alpha value is -1.66. The maximum Gasteiger partial charge on any atom is 0.130 e. The zero-order valence-corrected chi connectivity index (χ0v) is 15.8. The normalized spacial score (nSPS) is 26.1. The van der Waals surface area contributed by atoms with Crippen LogP contribution < -0.4 is 10.2 Å². The summed E-state index contributed by atoms with van der Waals surface area (Å²) in [5.74, 6) is 2.65. The van der Waals surface area contributed by atoms with E-state index in [0.717, 1.165) is 42.0 Å². The smallest absolute Gasteiger partial charge is 0.130 e. The number of nitrogens with one attached hydrogen (secondary N) is 1. The molecule has 1 saturated carbocycles. The first kappa shape index (κ1) is 16.8. The van der Waals surface area contributed by atoms with Crippen LogP contribution in [0.25, 0.3) is 0 Å². The number of hydrogen-bond acceptors (Lipinski definition) is 5. The molecule has 0 radical (unpaired) electrons. The van der Waals surface area contributed by atoms with Gasteiger partial charge in [-0.2, -0.15) is 0 Å². The van der Waals surface area contributed by atoms with Crippen molar-refractivity contribution in [2.75, 3.05) is 30.0 Å². The second-order valence-electron chi connectivity index (χ2n) is 7.03. The van der Waals surface area contributed by atoms with Crippen LogP contribution in [0.4, 0.5) is 11.6 Å². The summed E-state index contributed by atoms with van der Waals surface area (Å²) in [5.41, 5.74) is 0.0177. The highest BCUT2D eigenvalue weighted by atomic mass is 79.9. The molecule has 0 unspecified atom stereocenters. The monoisotopic (exact) mass is 402 g/mol. The summed E-state index contributed by atoms with van der Waals surface area (Å²) in [6, 6.07) is 10.1. The van der Waals surface area contributed by atoms with E-state index in [2.05, 4.69) is 42.2 Å². The van der Waals surface area contributed by atoms with Gasteiger partial charge < -0.3 is 15.0 Å². The third kappa shape index (κ3) is 3.96. The number of anilines is 2. The Labute approximate surface area is 156 Å². The zero-order chi connectivity index (χ0) is 17.1. The van der Waals surface area contributed by atoms with E-state index < -0.39 is 0 Å². The van der Waals surface area contributed by atoms with Crippen molar-refractivity contribution in [1.29, 1.82) is 0 Å². The first-order valence-corrected chi connectivity index (χ1v) is 9.67. The molecule has 2 aliphatic rings. The van der Waals surface area contributed by atoms with Gasteiger partial charge in [-0.25, -0.2) is 9.97 Å². The molecule has 4 rings (SSSR count). The van der Waals surface area contributed by atoms with Crippen molar-refractivity contribution in [3.63, 3.8) is 0 Å². The summed E-state index contributed by atoms with van der Waals surface area (Å²) in [7, 11) is 0. The topological polar surface area (TPSA) is 50.3 Å². The Morgan fingerprint density at radius 2 is 2.08 bits per heavy atom. The Kier molecular flexibility index (Phi) is 4.90. The van der Waals surface area contributed by atoms with Crippen LogP contribution in [-0.2, 0) is 4.74 Å². The van der Waals surface area contributed by atoms with E-state index in [4.69, 9.17) is 4.74 Å². The first-order valence-electron chi connectivity index (χ1n) is 8.88. The van der Waals surface area contributed by atoms with Gasteiger partial charge in [-0.15, -0.1) is 0 Å². The Bertz CT molecular complexity index is 686. The molecule has 1 saturated heterocycles. The zero-order valence-electron chi connectivity index (χ0n) is 14.2. The lowest BCUT2D eigenvalue weighted by Gasteiger charge is -2.36. The summed E-state index contributed by atoms with van der Waals surface area (Å²) >= 11 is 3.42. The van der Waals surface area contributed by atoms with Crippen LogP contribution in [0, 0.1) is 5.92 Å². The van der Waals surface area contributed by atoms with Crippen molar-refractivity contribution in [3.05, 3.63) is 47.2 Å². The second-order valence-corrected chi connectivity index (χ2v) is 7.94. The lowest BCUT2D eigenvalue weighted by molar-refractivity contribution is -0.0258. The molecule has 0 bridgehead atoms. The highest BCUT2D eigenvalue weighted by Gasteiger charge is 2.42. The lowest BCUT2D eigenvalue weighted by atomic mass is 9.78. The quantitative estimate of drug-likeness (QED) is 0.834. The van der Waals surface area contributed by atoms with E-state index in [1.54, 1.807) is 0 Å². The third-order valence-electron chi connectivity index (χ3n) is 5.29. The minimum Gasteiger partial charge on any atom is -0.370 e. The Balaban J connectivity index is 1.27. The van der Waals surface area contributed by atoms with Crippen molar-refractivity contribution >= 4 is 27.6 Å². The van der Waals surface area contributed by atoms with E-state index >= 15 is 0 Å². The van der Waals surface area contributed by atoms with Crippen molar-refractivity contribution in [3.8, 4) is 0 Å². The fraction of sp³-hybridized carbons (Fsp3) is 0.474. The standard InChI is InChI=1S/C19H23BrN4O/c20-16-4-5-17(23-12-16)22-11-15-6-8-19(9-7-15)13-24(14-25-19)18-3-1-2-10-21-18/h1-5,10,12,15H,6-9,11,13-14H2,(H,22,23)/t15-,19-. The van der Waals surface area contributed by atoms with Crippen LogP contribution in [-0.4, -0.2) is 35.4 Å². The number of rotatable bonds is 4. The van der Waals surface area contributed by atoms with Gasteiger partial charge in [0.05, 0.1) is 12.1 Å². The molecule has 2 aromatic heterocycles. The van der Waals surface area contributed by atoms with Crippen molar-refractivity contribution in [1.82, 2.24) is 9.97 Å². The summed E-state index contributed by atoms with van der Waals surface area (Å²) in [4.78, 5) is 11.1. The van der Waals surface area contributed by atoms with Crippen LogP contribution >= 0.6 is 15.9 Å². The average molecular weight is 403 g/mol. The lowest BCUT2D eigenvalue weighted by Crippen LogP contribution is -2.39. The molecule has 1 aliphatic carbocycles. The molecular weight excluding hydrogens is 380 g/mol. The highest BCUT2D eigenvalue weighted by Crippen LogP contribution is 2.39. The molecule has 3 heterocycles. The van der Waals surface area contributed by atoms with Gasteiger partial charge in [0.1, 0.15) is 18.4 Å². The predicted octanol–water partition coefficient (Wildman–Crippen LogP) is 4.07. The summed E-state index contributed by atoms with van der Waals surface area (Å²) in [6.45, 7) is 2.59. The maximum absolute atomic E-state index is 6.22. The molecule has 6 heteroatoms. The molecule has 2 aromatic rings. The highest BCUT2D eigenvalue weighted by molar-refractivity contribution is 9.10. The number of hydrogen-bond donors (Lipinski definition) is 1. The third-order valence-corrected chi connectivity index (χ3v) is 5.76. The molecule has 2 fully saturated rings. The van der Waals surface area contributed by atoms with Crippen LogP contribution in [0.3, 0.4) is 0 Å². The van der Waals surface area contributed by atoms with Gasteiger partial charge in [-0.1, -0.05) is 6.07 Å². The van der Waals surface area contributed by atoms with E-state index in [1.807, 2.05) is 36.7 Å². The average Bonchev–Trinajstić information content (AvgIpc) is 3.07. The summed E-state index contributed by atoms with van der Waals surface area (Å²) in [5, 5.41) is 3.46. The largest absolute Gasteiger partial charge is 0.370 e. The number of aromatic nitrogens is 2. The second kappa shape index (κ2) is 7.30. The van der Waals surface area contributed by atoms with Crippen molar-refractivity contribution in [2.24, 2.45) is 5.92 Å². The molecule has 1 aliphatic heterocycles. The van der Waals surface area contributed by atoms with Gasteiger partial charge in [-0.3, -0.25) is 0 Å². The van der Waals surface area contributed by atoms with Crippen LogP contribution in [0.5, 0.6) is 0 Å². The molecule has 0 amide bonds. The van der Waals surface area contributed by atoms with Crippen molar-refractivity contribution in [2.45, 2.75) is 31.3 Å². The fourth-order valence-electron chi connectivity index (χ4n) is 3.78. The molecule has 1 N–H and O–H groups in total. The van der Waals surface area contributed by atoms with Crippen LogP contribution in [0.15, 0.2) is 47.2 Å². The van der Waals surface area contributed by atoms with E-state index in [9.17, 15) is 0 Å². The van der Waals surface area contributed by atoms with Crippen molar-refractivity contribution < 1.29 is 4.74 Å². The summed E-state index contributed by atoms with van der Waals surface area (Å²) in [6.07, 6.45) is 8.31. The number of ether oxygens (including phenoxy) is 1. The number of pyridine rings is 2. The molecule has 0 atom stereocenters. The number of halogens is 1. The van der Waals surface area contributed by atoms with E-state index in [1.165, 1.54) is 12.8 Å². The van der Waals surface area contributed by atoms with Crippen LogP contribution in [0.1, 0.15) is 25.7 Å². The molecular formula is C19H23BrN4O. The fourth-order valence-corrected chi connectivity index (χ4v) is 4.02. The molecule has 0 aromatic carbocycles. The van der Waals surface area contributed by atoms with Gasteiger partial charge in [0.25, 0.3) is 0 Å². The molecule has 1 spiro atoms. The van der Waals surface area contributed by atoms with Gasteiger partial charge in [-0.05, 0) is 71.8 Å². The van der Waals surface area contributed by atoms with Gasteiger partial charge in [0.15, 0.2) is 0 Å². The van der Waals surface area contributed by atoms with E-state index in [-0.39, 0.29) is 5.60 Å². The maximum atomic E-state index is 6.22. The number of nitrogens with zero attached hydrogens (tertiary/aromatic N) is 3. The molecule has 132 valence electrons. The Morgan fingerprint density at radius 1 is 1.20 bits per heavy atom. The molecule has 25 heavy (non-hydrogen) atoms. The predicted molar refractivity (Wildman–Crippen MR) is 103 cm³/mol. The summed E-state index contributed by atoms with van der Waals surface area (Å²) < 4.78 is 7.23. The minimum atomic E-state index is 0.0177. The SMILES string of the molecule is Brc1ccc(NC[C@H]2CC[C@]3(CC2)CN(c2ccccn2)CO3)nc1. The van der Waals surface area contributed by atoms with Crippen LogP contribution in [0.2, 0.25) is 0 Å². The Morgan fingerprint density at radius 3 is 2.80 bits per heavy atom. The first-order chi connectivity index (χ1) is 12.2. The van der Waals surface area contributed by atoms with Gasteiger partial charge in [0, 0.05) is 23.4 Å².